The summed E-state index contributed by atoms with van der Waals surface area (Å²) in [6.45, 7) is 4.79. The predicted octanol–water partition coefficient (Wildman–Crippen LogP) is 5.44. The van der Waals surface area contributed by atoms with Crippen LogP contribution in [0.3, 0.4) is 0 Å². The van der Waals surface area contributed by atoms with Crippen molar-refractivity contribution in [3.63, 3.8) is 0 Å². The van der Waals surface area contributed by atoms with E-state index in [1.54, 1.807) is 11.8 Å². The van der Waals surface area contributed by atoms with Gasteiger partial charge in [0, 0.05) is 37.1 Å². The van der Waals surface area contributed by atoms with E-state index >= 15 is 0 Å². The molecule has 1 atom stereocenters. The van der Waals surface area contributed by atoms with E-state index in [1.165, 1.54) is 0 Å². The Morgan fingerprint density at radius 3 is 2.62 bits per heavy atom. The Morgan fingerprint density at radius 1 is 1.16 bits per heavy atom. The van der Waals surface area contributed by atoms with Crippen molar-refractivity contribution in [2.75, 3.05) is 24.2 Å². The number of halogens is 2. The summed E-state index contributed by atoms with van der Waals surface area (Å²) in [5, 5.41) is 8.63. The van der Waals surface area contributed by atoms with E-state index in [-0.39, 0.29) is 17.5 Å². The number of piperidine rings is 1. The third-order valence-electron chi connectivity index (χ3n) is 5.80. The normalized spacial score (nSPS) is 21.9. The first-order valence-electron chi connectivity index (χ1n) is 10.9. The quantitative estimate of drug-likeness (QED) is 0.565. The summed E-state index contributed by atoms with van der Waals surface area (Å²) >= 11 is 13.8. The van der Waals surface area contributed by atoms with Gasteiger partial charge in [0.1, 0.15) is 0 Å². The SMILES string of the molecule is CC1(CC(=O)NC2CCN(Cc3ccc(Cl)c(Cl)c3)CC2)CSC(Nc2ccccc2)=N1. The average Bonchev–Trinajstić information content (AvgIpc) is 3.12. The monoisotopic (exact) mass is 490 g/mol. The Morgan fingerprint density at radius 2 is 1.91 bits per heavy atom. The first kappa shape index (κ1) is 23.4. The smallest absolute Gasteiger partial charge is 0.222 e. The molecule has 1 saturated heterocycles. The lowest BCUT2D eigenvalue weighted by molar-refractivity contribution is -0.123. The number of carbonyl (C=O) groups excluding carboxylic acids is 1. The van der Waals surface area contributed by atoms with Crippen molar-refractivity contribution in [2.45, 2.75) is 44.3 Å². The van der Waals surface area contributed by atoms with Crippen LogP contribution in [0.4, 0.5) is 5.69 Å². The zero-order valence-electron chi connectivity index (χ0n) is 18.1. The molecule has 2 aliphatic rings. The number of likely N-dealkylation sites (tertiary alicyclic amines) is 1. The molecule has 0 aromatic heterocycles. The molecule has 0 radical (unpaired) electrons. The Kier molecular flexibility index (Phi) is 7.66. The van der Waals surface area contributed by atoms with Crippen LogP contribution in [-0.2, 0) is 11.3 Å². The minimum atomic E-state index is -0.375. The lowest BCUT2D eigenvalue weighted by Gasteiger charge is -2.33. The third-order valence-corrected chi connectivity index (χ3v) is 7.77. The van der Waals surface area contributed by atoms with Crippen LogP contribution in [0.2, 0.25) is 10.0 Å². The molecule has 2 aromatic rings. The number of para-hydroxylation sites is 1. The number of amides is 1. The van der Waals surface area contributed by atoms with E-state index in [4.69, 9.17) is 28.2 Å². The van der Waals surface area contributed by atoms with Crippen molar-refractivity contribution >= 4 is 51.7 Å². The van der Waals surface area contributed by atoms with Crippen LogP contribution in [0.25, 0.3) is 0 Å². The molecule has 0 spiro atoms. The summed E-state index contributed by atoms with van der Waals surface area (Å²) < 4.78 is 0. The van der Waals surface area contributed by atoms with Crippen LogP contribution in [0.15, 0.2) is 53.5 Å². The number of benzene rings is 2. The molecule has 0 aliphatic carbocycles. The van der Waals surface area contributed by atoms with Gasteiger partial charge in [-0.05, 0) is 49.6 Å². The van der Waals surface area contributed by atoms with E-state index in [2.05, 4.69) is 22.5 Å². The number of rotatable bonds is 6. The second-order valence-corrected chi connectivity index (χ2v) is 10.5. The van der Waals surface area contributed by atoms with Gasteiger partial charge in [0.15, 0.2) is 5.17 Å². The predicted molar refractivity (Wildman–Crippen MR) is 136 cm³/mol. The van der Waals surface area contributed by atoms with Gasteiger partial charge in [-0.1, -0.05) is 59.2 Å². The zero-order chi connectivity index (χ0) is 22.6. The molecule has 2 heterocycles. The van der Waals surface area contributed by atoms with E-state index in [0.717, 1.165) is 54.6 Å². The number of nitrogens with zero attached hydrogens (tertiary/aromatic N) is 2. The summed E-state index contributed by atoms with van der Waals surface area (Å²) in [5.41, 5.74) is 1.80. The Hall–Kier alpha value is -1.73. The minimum Gasteiger partial charge on any atom is -0.353 e. The molecule has 2 aromatic carbocycles. The number of nitrogens with one attached hydrogen (secondary N) is 2. The fourth-order valence-electron chi connectivity index (χ4n) is 4.09. The molecule has 1 amide bonds. The topological polar surface area (TPSA) is 56.7 Å². The van der Waals surface area contributed by atoms with Crippen molar-refractivity contribution in [1.29, 1.82) is 0 Å². The van der Waals surface area contributed by atoms with Crippen molar-refractivity contribution in [2.24, 2.45) is 4.99 Å². The van der Waals surface area contributed by atoms with Crippen LogP contribution in [0.1, 0.15) is 31.7 Å². The van der Waals surface area contributed by atoms with Crippen molar-refractivity contribution in [1.82, 2.24) is 10.2 Å². The lowest BCUT2D eigenvalue weighted by atomic mass is 9.99. The van der Waals surface area contributed by atoms with Gasteiger partial charge in [0.05, 0.1) is 22.0 Å². The molecule has 0 saturated carbocycles. The number of aliphatic imine (C=N–C) groups is 1. The van der Waals surface area contributed by atoms with Gasteiger partial charge in [0.25, 0.3) is 0 Å². The van der Waals surface area contributed by atoms with Gasteiger partial charge in [0.2, 0.25) is 5.91 Å². The maximum Gasteiger partial charge on any atom is 0.222 e. The van der Waals surface area contributed by atoms with Gasteiger partial charge in [-0.3, -0.25) is 14.7 Å². The molecule has 8 heteroatoms. The number of carbonyl (C=O) groups is 1. The summed E-state index contributed by atoms with van der Waals surface area (Å²) in [7, 11) is 0. The molecular formula is C24H28Cl2N4OS. The summed E-state index contributed by atoms with van der Waals surface area (Å²) in [6, 6.07) is 16.0. The van der Waals surface area contributed by atoms with Gasteiger partial charge >= 0.3 is 0 Å². The maximum absolute atomic E-state index is 12.7. The van der Waals surface area contributed by atoms with Crippen LogP contribution >= 0.6 is 35.0 Å². The number of anilines is 1. The summed E-state index contributed by atoms with van der Waals surface area (Å²) in [4.78, 5) is 19.9. The highest BCUT2D eigenvalue weighted by molar-refractivity contribution is 8.14. The van der Waals surface area contributed by atoms with Gasteiger partial charge in [-0.2, -0.15) is 0 Å². The van der Waals surface area contributed by atoms with Crippen molar-refractivity contribution in [3.8, 4) is 0 Å². The van der Waals surface area contributed by atoms with Crippen molar-refractivity contribution in [3.05, 3.63) is 64.1 Å². The highest BCUT2D eigenvalue weighted by Crippen LogP contribution is 2.31. The van der Waals surface area contributed by atoms with Gasteiger partial charge < -0.3 is 10.6 Å². The Bertz CT molecular complexity index is 979. The molecule has 2 aliphatic heterocycles. The van der Waals surface area contributed by atoms with Gasteiger partial charge in [-0.15, -0.1) is 0 Å². The van der Waals surface area contributed by atoms with Crippen LogP contribution < -0.4 is 10.6 Å². The highest BCUT2D eigenvalue weighted by atomic mass is 35.5. The maximum atomic E-state index is 12.7. The molecule has 0 bridgehead atoms. The molecule has 1 unspecified atom stereocenters. The van der Waals surface area contributed by atoms with Crippen LogP contribution in [0, 0.1) is 0 Å². The Balaban J connectivity index is 1.22. The summed E-state index contributed by atoms with van der Waals surface area (Å²) in [6.07, 6.45) is 2.30. The first-order valence-corrected chi connectivity index (χ1v) is 12.6. The first-order chi connectivity index (χ1) is 15.4. The minimum absolute atomic E-state index is 0.0840. The standard InChI is InChI=1S/C24H28Cl2N4OS/c1-24(16-32-23(29-24)28-18-5-3-2-4-6-18)14-22(31)27-19-9-11-30(12-10-19)15-17-7-8-20(25)21(26)13-17/h2-8,13,19H,9-12,14-16H2,1H3,(H,27,31)(H,28,29). The van der Waals surface area contributed by atoms with E-state index in [1.807, 2.05) is 48.5 Å². The van der Waals surface area contributed by atoms with E-state index in [0.29, 0.717) is 16.5 Å². The Labute approximate surface area is 204 Å². The highest BCUT2D eigenvalue weighted by Gasteiger charge is 2.34. The van der Waals surface area contributed by atoms with Crippen molar-refractivity contribution < 1.29 is 4.79 Å². The average molecular weight is 491 g/mol. The molecule has 1 fully saturated rings. The number of hydrogen-bond acceptors (Lipinski definition) is 5. The second-order valence-electron chi connectivity index (χ2n) is 8.74. The van der Waals surface area contributed by atoms with E-state index < -0.39 is 0 Å². The molecule has 32 heavy (non-hydrogen) atoms. The van der Waals surface area contributed by atoms with Gasteiger partial charge in [-0.25, -0.2) is 0 Å². The second kappa shape index (κ2) is 10.5. The molecule has 2 N–H and O–H groups in total. The number of thioether (sulfide) groups is 1. The van der Waals surface area contributed by atoms with Crippen LogP contribution in [0.5, 0.6) is 0 Å². The van der Waals surface area contributed by atoms with E-state index in [9.17, 15) is 4.79 Å². The molecule has 4 rings (SSSR count). The largest absolute Gasteiger partial charge is 0.353 e. The van der Waals surface area contributed by atoms with Crippen LogP contribution in [-0.4, -0.2) is 46.4 Å². The zero-order valence-corrected chi connectivity index (χ0v) is 20.4. The fourth-order valence-corrected chi connectivity index (χ4v) is 5.50. The molecule has 5 nitrogen and oxygen atoms in total. The third kappa shape index (κ3) is 6.41. The lowest BCUT2D eigenvalue weighted by Crippen LogP contribution is -2.46. The molecular weight excluding hydrogens is 463 g/mol. The number of amidine groups is 1. The number of hydrogen-bond donors (Lipinski definition) is 2. The molecule has 170 valence electrons. The summed E-state index contributed by atoms with van der Waals surface area (Å²) in [5.74, 6) is 0.887. The fraction of sp³-hybridized carbons (Fsp3) is 0.417.